The zero-order chi connectivity index (χ0) is 13.6. The summed E-state index contributed by atoms with van der Waals surface area (Å²) in [6, 6.07) is -0.485. The summed E-state index contributed by atoms with van der Waals surface area (Å²) in [5.74, 6) is -1.16. The summed E-state index contributed by atoms with van der Waals surface area (Å²) in [6.45, 7) is 1.44. The third-order valence-corrected chi connectivity index (χ3v) is 3.73. The molecule has 1 heterocycles. The van der Waals surface area contributed by atoms with Gasteiger partial charge >= 0.3 is 5.97 Å². The van der Waals surface area contributed by atoms with Crippen LogP contribution in [0.4, 0.5) is 0 Å². The molecule has 1 aromatic heterocycles. The molecule has 0 saturated heterocycles. The zero-order valence-corrected chi connectivity index (χ0v) is 10.8. The van der Waals surface area contributed by atoms with Gasteiger partial charge < -0.3 is 14.6 Å². The number of nitrogens with zero attached hydrogens (tertiary/aromatic N) is 3. The van der Waals surface area contributed by atoms with E-state index in [1.807, 2.05) is 4.57 Å². The number of amides is 1. The molecule has 0 aromatic carbocycles. The second-order valence-electron chi connectivity index (χ2n) is 5.36. The van der Waals surface area contributed by atoms with Crippen molar-refractivity contribution in [3.05, 3.63) is 18.2 Å². The van der Waals surface area contributed by atoms with Gasteiger partial charge in [0.1, 0.15) is 0 Å². The summed E-state index contributed by atoms with van der Waals surface area (Å²) < 4.78 is 1.91. The molecule has 0 bridgehead atoms. The van der Waals surface area contributed by atoms with Gasteiger partial charge in [0.05, 0.1) is 18.2 Å². The van der Waals surface area contributed by atoms with Crippen molar-refractivity contribution in [2.24, 2.45) is 0 Å². The average Bonchev–Trinajstić information content (AvgIpc) is 3.25. The molecule has 0 spiro atoms. The molecule has 1 unspecified atom stereocenters. The Balaban J connectivity index is 1.97. The Kier molecular flexibility index (Phi) is 2.80. The van der Waals surface area contributed by atoms with Crippen LogP contribution in [0.3, 0.4) is 0 Å². The SMILES string of the molecule is CC(=O)N(C1CC1)C(C(=O)O)c1cncn1C1CC1. The number of carboxylic acid groups (broad SMARTS) is 1. The minimum absolute atomic E-state index is 0.0705. The highest BCUT2D eigenvalue weighted by Gasteiger charge is 2.42. The van der Waals surface area contributed by atoms with Gasteiger partial charge in [-0.3, -0.25) is 4.79 Å². The van der Waals surface area contributed by atoms with E-state index in [1.165, 1.54) is 11.8 Å². The van der Waals surface area contributed by atoms with Crippen molar-refractivity contribution in [3.63, 3.8) is 0 Å². The van der Waals surface area contributed by atoms with E-state index in [-0.39, 0.29) is 11.9 Å². The summed E-state index contributed by atoms with van der Waals surface area (Å²) in [6.07, 6.45) is 7.14. The standard InChI is InChI=1S/C13H17N3O3/c1-8(17)16(10-4-5-10)12(13(18)19)11-6-14-7-15(11)9-2-3-9/h6-7,9-10,12H,2-5H2,1H3,(H,18,19). The number of carboxylic acids is 1. The van der Waals surface area contributed by atoms with Crippen molar-refractivity contribution in [1.82, 2.24) is 14.5 Å². The fourth-order valence-corrected chi connectivity index (χ4v) is 2.57. The number of aromatic nitrogens is 2. The van der Waals surface area contributed by atoms with Crippen LogP contribution in [-0.2, 0) is 9.59 Å². The Morgan fingerprint density at radius 3 is 2.58 bits per heavy atom. The van der Waals surface area contributed by atoms with E-state index in [1.54, 1.807) is 12.5 Å². The molecular formula is C13H17N3O3. The monoisotopic (exact) mass is 263 g/mol. The van der Waals surface area contributed by atoms with Crippen molar-refractivity contribution < 1.29 is 14.7 Å². The van der Waals surface area contributed by atoms with E-state index in [0.717, 1.165) is 25.7 Å². The first kappa shape index (κ1) is 12.2. The molecular weight excluding hydrogens is 246 g/mol. The molecule has 1 N–H and O–H groups in total. The Bertz CT molecular complexity index is 517. The number of aliphatic carboxylic acids is 1. The molecule has 0 radical (unpaired) electrons. The van der Waals surface area contributed by atoms with Crippen LogP contribution in [0.25, 0.3) is 0 Å². The Morgan fingerprint density at radius 1 is 1.42 bits per heavy atom. The Labute approximate surface area is 111 Å². The van der Waals surface area contributed by atoms with Crippen LogP contribution in [0.2, 0.25) is 0 Å². The van der Waals surface area contributed by atoms with Crippen molar-refractivity contribution in [2.45, 2.75) is 50.7 Å². The van der Waals surface area contributed by atoms with Gasteiger partial charge in [-0.2, -0.15) is 0 Å². The first-order chi connectivity index (χ1) is 9.09. The highest BCUT2D eigenvalue weighted by atomic mass is 16.4. The molecule has 2 fully saturated rings. The summed E-state index contributed by atoms with van der Waals surface area (Å²) >= 11 is 0. The van der Waals surface area contributed by atoms with Gasteiger partial charge in [0.2, 0.25) is 5.91 Å². The summed E-state index contributed by atoms with van der Waals surface area (Å²) in [5, 5.41) is 9.53. The molecule has 1 amide bonds. The van der Waals surface area contributed by atoms with Crippen LogP contribution >= 0.6 is 0 Å². The lowest BCUT2D eigenvalue weighted by molar-refractivity contribution is -0.150. The number of hydrogen-bond donors (Lipinski definition) is 1. The number of imidazole rings is 1. The minimum Gasteiger partial charge on any atom is -0.479 e. The van der Waals surface area contributed by atoms with Crippen LogP contribution in [0.15, 0.2) is 12.5 Å². The quantitative estimate of drug-likeness (QED) is 0.870. The minimum atomic E-state index is -0.982. The van der Waals surface area contributed by atoms with E-state index in [0.29, 0.717) is 11.7 Å². The number of rotatable bonds is 5. The first-order valence-electron chi connectivity index (χ1n) is 6.63. The first-order valence-corrected chi connectivity index (χ1v) is 6.63. The summed E-state index contributed by atoms with van der Waals surface area (Å²) in [4.78, 5) is 29.0. The molecule has 6 heteroatoms. The molecule has 2 aliphatic carbocycles. The lowest BCUT2D eigenvalue weighted by Gasteiger charge is -2.28. The highest BCUT2D eigenvalue weighted by Crippen LogP contribution is 2.40. The second-order valence-corrected chi connectivity index (χ2v) is 5.36. The summed E-state index contributed by atoms with van der Waals surface area (Å²) in [7, 11) is 0. The topological polar surface area (TPSA) is 75.4 Å². The molecule has 6 nitrogen and oxygen atoms in total. The van der Waals surface area contributed by atoms with Crippen molar-refractivity contribution in [2.75, 3.05) is 0 Å². The third kappa shape index (κ3) is 2.22. The van der Waals surface area contributed by atoms with Crippen LogP contribution in [0.1, 0.15) is 50.4 Å². The molecule has 2 aliphatic rings. The third-order valence-electron chi connectivity index (χ3n) is 3.73. The van der Waals surface area contributed by atoms with E-state index in [9.17, 15) is 14.7 Å². The van der Waals surface area contributed by atoms with Gasteiger partial charge in [-0.15, -0.1) is 0 Å². The smallest absolute Gasteiger partial charge is 0.332 e. The average molecular weight is 263 g/mol. The van der Waals surface area contributed by atoms with Gasteiger partial charge in [0, 0.05) is 19.0 Å². The van der Waals surface area contributed by atoms with Crippen LogP contribution in [0, 0.1) is 0 Å². The molecule has 102 valence electrons. The summed E-state index contributed by atoms with van der Waals surface area (Å²) in [5.41, 5.74) is 0.622. The van der Waals surface area contributed by atoms with E-state index in [2.05, 4.69) is 4.98 Å². The Hall–Kier alpha value is -1.85. The zero-order valence-electron chi connectivity index (χ0n) is 10.8. The maximum Gasteiger partial charge on any atom is 0.332 e. The molecule has 1 atom stereocenters. The maximum absolute atomic E-state index is 11.8. The highest BCUT2D eigenvalue weighted by molar-refractivity contribution is 5.83. The van der Waals surface area contributed by atoms with Crippen LogP contribution in [-0.4, -0.2) is 37.5 Å². The van der Waals surface area contributed by atoms with Gasteiger partial charge in [0.15, 0.2) is 6.04 Å². The largest absolute Gasteiger partial charge is 0.479 e. The second kappa shape index (κ2) is 4.36. The number of carbonyl (C=O) groups is 2. The molecule has 2 saturated carbocycles. The van der Waals surface area contributed by atoms with Crippen LogP contribution in [0.5, 0.6) is 0 Å². The molecule has 1 aromatic rings. The fourth-order valence-electron chi connectivity index (χ4n) is 2.57. The van der Waals surface area contributed by atoms with Gasteiger partial charge in [-0.25, -0.2) is 9.78 Å². The fraction of sp³-hybridized carbons (Fsp3) is 0.615. The molecule has 19 heavy (non-hydrogen) atoms. The number of carbonyl (C=O) groups excluding carboxylic acids is 1. The van der Waals surface area contributed by atoms with Gasteiger partial charge in [-0.1, -0.05) is 0 Å². The van der Waals surface area contributed by atoms with E-state index >= 15 is 0 Å². The van der Waals surface area contributed by atoms with Gasteiger partial charge in [-0.05, 0) is 25.7 Å². The van der Waals surface area contributed by atoms with Gasteiger partial charge in [0.25, 0.3) is 0 Å². The predicted molar refractivity (Wildman–Crippen MR) is 66.4 cm³/mol. The Morgan fingerprint density at radius 2 is 2.11 bits per heavy atom. The van der Waals surface area contributed by atoms with Crippen molar-refractivity contribution >= 4 is 11.9 Å². The molecule has 3 rings (SSSR count). The van der Waals surface area contributed by atoms with Crippen LogP contribution < -0.4 is 0 Å². The van der Waals surface area contributed by atoms with E-state index in [4.69, 9.17) is 0 Å². The normalized spacial score (nSPS) is 20.1. The number of hydrogen-bond acceptors (Lipinski definition) is 3. The van der Waals surface area contributed by atoms with Crippen molar-refractivity contribution in [3.8, 4) is 0 Å². The lowest BCUT2D eigenvalue weighted by atomic mass is 10.1. The predicted octanol–water partition coefficient (Wildman–Crippen LogP) is 1.35. The molecule has 0 aliphatic heterocycles. The van der Waals surface area contributed by atoms with E-state index < -0.39 is 12.0 Å². The maximum atomic E-state index is 11.8. The van der Waals surface area contributed by atoms with Crippen molar-refractivity contribution in [1.29, 1.82) is 0 Å². The lowest BCUT2D eigenvalue weighted by Crippen LogP contribution is -2.40.